The predicted octanol–water partition coefficient (Wildman–Crippen LogP) is 2.17. The van der Waals surface area contributed by atoms with Gasteiger partial charge in [0, 0.05) is 11.1 Å². The summed E-state index contributed by atoms with van der Waals surface area (Å²) in [7, 11) is -1.27. The van der Waals surface area contributed by atoms with Crippen molar-refractivity contribution in [2.24, 2.45) is 0 Å². The molecule has 2 aromatic rings. The van der Waals surface area contributed by atoms with Crippen LogP contribution in [-0.2, 0) is 4.65 Å². The Morgan fingerprint density at radius 2 is 1.77 bits per heavy atom. The summed E-state index contributed by atoms with van der Waals surface area (Å²) in [5, 5.41) is 20.4. The van der Waals surface area contributed by atoms with Gasteiger partial charge in [-0.3, -0.25) is 15.0 Å². The van der Waals surface area contributed by atoms with E-state index in [-0.39, 0.29) is 11.5 Å². The molecule has 1 heterocycles. The average molecular weight is 405 g/mol. The minimum Gasteiger partial charge on any atom is -0.423 e. The average Bonchev–Trinajstić information content (AvgIpc) is 2.99. The summed E-state index contributed by atoms with van der Waals surface area (Å²) < 4.78 is 5.17. The third-order valence-electron chi connectivity index (χ3n) is 4.84. The molecule has 1 unspecified atom stereocenters. The van der Waals surface area contributed by atoms with Crippen LogP contribution in [0.5, 0.6) is 0 Å². The second kappa shape index (κ2) is 7.94. The summed E-state index contributed by atoms with van der Waals surface area (Å²) >= 11 is 0. The summed E-state index contributed by atoms with van der Waals surface area (Å²) in [5.41, 5.74) is 5.56. The molecule has 0 aromatic heterocycles. The fourth-order valence-corrected chi connectivity index (χ4v) is 3.46. The highest BCUT2D eigenvalue weighted by atomic mass is 16.5. The molecule has 0 radical (unpaired) electrons. The van der Waals surface area contributed by atoms with E-state index in [1.807, 2.05) is 46.8 Å². The lowest BCUT2D eigenvalue weighted by atomic mass is 9.78. The monoisotopic (exact) mass is 405 g/mol. The maximum Gasteiger partial charge on any atom is 0.492 e. The number of carbonyl (C=O) groups is 2. The van der Waals surface area contributed by atoms with Gasteiger partial charge in [-0.15, -0.1) is 0 Å². The highest BCUT2D eigenvalue weighted by Crippen LogP contribution is 2.23. The van der Waals surface area contributed by atoms with Crippen LogP contribution < -0.4 is 10.9 Å². The summed E-state index contributed by atoms with van der Waals surface area (Å²) in [4.78, 5) is 26.1. The van der Waals surface area contributed by atoms with Crippen molar-refractivity contribution in [3.05, 3.63) is 64.2 Å². The van der Waals surface area contributed by atoms with Crippen LogP contribution >= 0.6 is 0 Å². The SMILES string of the molecule is Cc1cc(C)cc(C(=O)N(NC(=O)c2ccc3c(c2)B(O)OC3C#N)C(C)(C)C)c1. The first-order valence-electron chi connectivity index (χ1n) is 9.62. The van der Waals surface area contributed by atoms with Gasteiger partial charge in [0.1, 0.15) is 0 Å². The maximum absolute atomic E-state index is 13.2. The molecule has 30 heavy (non-hydrogen) atoms. The highest BCUT2D eigenvalue weighted by Gasteiger charge is 2.36. The van der Waals surface area contributed by atoms with Crippen LogP contribution in [0.25, 0.3) is 0 Å². The molecule has 2 aromatic carbocycles. The summed E-state index contributed by atoms with van der Waals surface area (Å²) in [6.45, 7) is 9.30. The van der Waals surface area contributed by atoms with Gasteiger partial charge in [-0.05, 0) is 69.9 Å². The number of hydrogen-bond donors (Lipinski definition) is 2. The van der Waals surface area contributed by atoms with E-state index in [2.05, 4.69) is 5.43 Å². The summed E-state index contributed by atoms with van der Waals surface area (Å²) in [6, 6.07) is 12.1. The highest BCUT2D eigenvalue weighted by molar-refractivity contribution is 6.62. The number of carbonyl (C=O) groups excluding carboxylic acids is 2. The number of amides is 2. The Morgan fingerprint density at radius 3 is 2.33 bits per heavy atom. The van der Waals surface area contributed by atoms with Gasteiger partial charge in [0.2, 0.25) is 0 Å². The van der Waals surface area contributed by atoms with Crippen molar-refractivity contribution in [3.8, 4) is 6.07 Å². The fourth-order valence-electron chi connectivity index (χ4n) is 3.46. The first-order valence-corrected chi connectivity index (χ1v) is 9.62. The summed E-state index contributed by atoms with van der Waals surface area (Å²) in [6.07, 6.45) is -0.871. The number of nitrogens with zero attached hydrogens (tertiary/aromatic N) is 2. The van der Waals surface area contributed by atoms with E-state index in [9.17, 15) is 14.6 Å². The molecule has 8 heteroatoms. The van der Waals surface area contributed by atoms with Gasteiger partial charge in [0.25, 0.3) is 11.8 Å². The van der Waals surface area contributed by atoms with Gasteiger partial charge in [0.15, 0.2) is 6.10 Å². The van der Waals surface area contributed by atoms with Gasteiger partial charge in [-0.25, -0.2) is 5.01 Å². The van der Waals surface area contributed by atoms with E-state index < -0.39 is 24.7 Å². The number of nitriles is 1. The molecule has 7 nitrogen and oxygen atoms in total. The quantitative estimate of drug-likeness (QED) is 0.589. The number of hydrazine groups is 1. The molecule has 1 aliphatic rings. The van der Waals surface area contributed by atoms with Crippen LogP contribution in [0.2, 0.25) is 0 Å². The van der Waals surface area contributed by atoms with E-state index in [1.54, 1.807) is 24.3 Å². The van der Waals surface area contributed by atoms with E-state index in [4.69, 9.17) is 9.92 Å². The Balaban J connectivity index is 1.89. The number of benzene rings is 2. The predicted molar refractivity (Wildman–Crippen MR) is 113 cm³/mol. The number of hydrogen-bond acceptors (Lipinski definition) is 5. The Hall–Kier alpha value is -3.15. The Kier molecular flexibility index (Phi) is 5.71. The minimum absolute atomic E-state index is 0.248. The van der Waals surface area contributed by atoms with E-state index in [1.165, 1.54) is 11.1 Å². The van der Waals surface area contributed by atoms with Gasteiger partial charge in [-0.1, -0.05) is 23.3 Å². The topological polar surface area (TPSA) is 103 Å². The number of rotatable bonds is 2. The summed E-state index contributed by atoms with van der Waals surface area (Å²) in [5.74, 6) is -0.824. The largest absolute Gasteiger partial charge is 0.492 e. The van der Waals surface area contributed by atoms with Gasteiger partial charge < -0.3 is 9.68 Å². The molecule has 1 aliphatic heterocycles. The molecule has 2 amide bonds. The third kappa shape index (κ3) is 4.23. The molecule has 0 fully saturated rings. The zero-order valence-corrected chi connectivity index (χ0v) is 17.7. The van der Waals surface area contributed by atoms with Gasteiger partial charge in [0.05, 0.1) is 11.6 Å². The number of aryl methyl sites for hydroxylation is 2. The van der Waals surface area contributed by atoms with Crippen molar-refractivity contribution in [2.45, 2.75) is 46.3 Å². The number of nitrogens with one attached hydrogen (secondary N) is 1. The molecular formula is C22H24BN3O4. The lowest BCUT2D eigenvalue weighted by Gasteiger charge is -2.35. The molecule has 0 aliphatic carbocycles. The van der Waals surface area contributed by atoms with Crippen molar-refractivity contribution in [1.82, 2.24) is 10.4 Å². The maximum atomic E-state index is 13.2. The molecule has 1 atom stereocenters. The number of fused-ring (bicyclic) bond motifs is 1. The second-order valence-electron chi connectivity index (χ2n) is 8.47. The van der Waals surface area contributed by atoms with Crippen LogP contribution in [-0.4, -0.2) is 34.5 Å². The normalized spacial score (nSPS) is 15.4. The third-order valence-corrected chi connectivity index (χ3v) is 4.84. The Bertz CT molecular complexity index is 1040. The molecule has 0 saturated heterocycles. The van der Waals surface area contributed by atoms with Crippen molar-refractivity contribution in [1.29, 1.82) is 5.26 Å². The lowest BCUT2D eigenvalue weighted by Crippen LogP contribution is -2.56. The van der Waals surface area contributed by atoms with Crippen LogP contribution in [0.4, 0.5) is 0 Å². The van der Waals surface area contributed by atoms with Crippen molar-refractivity contribution < 1.29 is 19.3 Å². The Morgan fingerprint density at radius 1 is 1.13 bits per heavy atom. The van der Waals surface area contributed by atoms with Crippen molar-refractivity contribution in [3.63, 3.8) is 0 Å². The molecule has 0 saturated carbocycles. The molecule has 3 rings (SSSR count). The lowest BCUT2D eigenvalue weighted by molar-refractivity contribution is 0.0358. The fraction of sp³-hybridized carbons (Fsp3) is 0.318. The van der Waals surface area contributed by atoms with E-state index >= 15 is 0 Å². The Labute approximate surface area is 176 Å². The standard InChI is InChI=1S/C22H24BN3O4/c1-13-8-14(2)10-16(9-13)21(28)26(22(3,4)5)25-20(27)15-6-7-17-18(11-15)23(29)30-19(17)12-24/h6-11,19,29H,1-5H3,(H,25,27). The molecular weight excluding hydrogens is 381 g/mol. The first kappa shape index (κ1) is 21.6. The van der Waals surface area contributed by atoms with Crippen molar-refractivity contribution >= 4 is 24.4 Å². The van der Waals surface area contributed by atoms with E-state index in [0.717, 1.165) is 11.1 Å². The van der Waals surface area contributed by atoms with E-state index in [0.29, 0.717) is 16.6 Å². The van der Waals surface area contributed by atoms with Crippen molar-refractivity contribution in [2.75, 3.05) is 0 Å². The van der Waals surface area contributed by atoms with Gasteiger partial charge >= 0.3 is 7.12 Å². The van der Waals surface area contributed by atoms with Gasteiger partial charge in [-0.2, -0.15) is 5.26 Å². The first-order chi connectivity index (χ1) is 14.0. The zero-order chi connectivity index (χ0) is 22.2. The molecule has 154 valence electrons. The second-order valence-corrected chi connectivity index (χ2v) is 8.47. The zero-order valence-electron chi connectivity index (χ0n) is 17.7. The van der Waals surface area contributed by atoms with Crippen LogP contribution in [0.3, 0.4) is 0 Å². The van der Waals surface area contributed by atoms with Crippen LogP contribution in [0.15, 0.2) is 36.4 Å². The van der Waals surface area contributed by atoms with Crippen LogP contribution in [0, 0.1) is 25.2 Å². The molecule has 2 N–H and O–H groups in total. The smallest absolute Gasteiger partial charge is 0.423 e. The minimum atomic E-state index is -1.27. The van der Waals surface area contributed by atoms with Crippen LogP contribution in [0.1, 0.15) is 64.3 Å². The molecule has 0 spiro atoms. The molecule has 0 bridgehead atoms.